The maximum absolute atomic E-state index is 12.9. The number of hydrogen-bond donors (Lipinski definition) is 1. The summed E-state index contributed by atoms with van der Waals surface area (Å²) in [5, 5.41) is 0.135. The zero-order valence-electron chi connectivity index (χ0n) is 12.1. The SMILES string of the molecule is Cc1nc(NS(C)(=O)=O)sc1C(=O)N(C)c1ccc(F)cc1. The van der Waals surface area contributed by atoms with Crippen molar-refractivity contribution in [3.63, 3.8) is 0 Å². The van der Waals surface area contributed by atoms with E-state index in [0.717, 1.165) is 17.6 Å². The number of benzene rings is 1. The average Bonchev–Trinajstić information content (AvgIpc) is 2.76. The minimum Gasteiger partial charge on any atom is -0.311 e. The minimum atomic E-state index is -3.45. The maximum atomic E-state index is 12.9. The third kappa shape index (κ3) is 3.80. The van der Waals surface area contributed by atoms with Gasteiger partial charge in [0.15, 0.2) is 5.13 Å². The van der Waals surface area contributed by atoms with E-state index in [1.807, 2.05) is 0 Å². The first-order valence-electron chi connectivity index (χ1n) is 6.16. The maximum Gasteiger partial charge on any atom is 0.270 e. The zero-order chi connectivity index (χ0) is 16.5. The summed E-state index contributed by atoms with van der Waals surface area (Å²) >= 11 is 0.954. The van der Waals surface area contributed by atoms with Crippen molar-refractivity contribution in [2.24, 2.45) is 0 Å². The molecule has 1 N–H and O–H groups in total. The van der Waals surface area contributed by atoms with Gasteiger partial charge in [-0.1, -0.05) is 11.3 Å². The molecule has 1 amide bonds. The molecule has 118 valence electrons. The van der Waals surface area contributed by atoms with Crippen LogP contribution in [0.3, 0.4) is 0 Å². The van der Waals surface area contributed by atoms with E-state index in [9.17, 15) is 17.6 Å². The van der Waals surface area contributed by atoms with Gasteiger partial charge in [0, 0.05) is 12.7 Å². The lowest BCUT2D eigenvalue weighted by Gasteiger charge is -2.16. The molecular weight excluding hydrogens is 329 g/mol. The molecule has 0 aliphatic heterocycles. The lowest BCUT2D eigenvalue weighted by atomic mass is 10.2. The van der Waals surface area contributed by atoms with Crippen molar-refractivity contribution in [1.82, 2.24) is 4.98 Å². The first-order chi connectivity index (χ1) is 10.2. The Morgan fingerprint density at radius 2 is 1.91 bits per heavy atom. The van der Waals surface area contributed by atoms with Crippen LogP contribution in [-0.4, -0.2) is 32.6 Å². The second-order valence-corrected chi connectivity index (χ2v) is 7.40. The number of hydrogen-bond acceptors (Lipinski definition) is 5. The fourth-order valence-electron chi connectivity index (χ4n) is 1.73. The Morgan fingerprint density at radius 1 is 1.32 bits per heavy atom. The van der Waals surface area contributed by atoms with E-state index in [0.29, 0.717) is 16.3 Å². The van der Waals surface area contributed by atoms with Gasteiger partial charge >= 0.3 is 0 Å². The van der Waals surface area contributed by atoms with Gasteiger partial charge in [-0.25, -0.2) is 17.8 Å². The highest BCUT2D eigenvalue weighted by Gasteiger charge is 2.21. The highest BCUT2D eigenvalue weighted by molar-refractivity contribution is 7.92. The molecule has 1 aromatic carbocycles. The van der Waals surface area contributed by atoms with Gasteiger partial charge in [0.05, 0.1) is 11.9 Å². The molecular formula is C13H14FN3O3S2. The number of carbonyl (C=O) groups is 1. The van der Waals surface area contributed by atoms with Crippen LogP contribution in [0.2, 0.25) is 0 Å². The fraction of sp³-hybridized carbons (Fsp3) is 0.231. The summed E-state index contributed by atoms with van der Waals surface area (Å²) in [6, 6.07) is 5.49. The summed E-state index contributed by atoms with van der Waals surface area (Å²) in [4.78, 5) is 18.2. The summed E-state index contributed by atoms with van der Waals surface area (Å²) in [5.74, 6) is -0.735. The van der Waals surface area contributed by atoms with Gasteiger partial charge in [0.1, 0.15) is 10.7 Å². The Morgan fingerprint density at radius 3 is 2.45 bits per heavy atom. The van der Waals surface area contributed by atoms with Gasteiger partial charge < -0.3 is 4.90 Å². The summed E-state index contributed by atoms with van der Waals surface area (Å²) in [6.07, 6.45) is 1.01. The third-order valence-electron chi connectivity index (χ3n) is 2.78. The molecule has 0 atom stereocenters. The van der Waals surface area contributed by atoms with Crippen LogP contribution >= 0.6 is 11.3 Å². The molecule has 2 rings (SSSR count). The molecule has 0 fully saturated rings. The van der Waals surface area contributed by atoms with Crippen molar-refractivity contribution in [1.29, 1.82) is 0 Å². The predicted molar refractivity (Wildman–Crippen MR) is 84.5 cm³/mol. The van der Waals surface area contributed by atoms with Crippen molar-refractivity contribution in [3.8, 4) is 0 Å². The van der Waals surface area contributed by atoms with Crippen LogP contribution < -0.4 is 9.62 Å². The molecule has 0 saturated heterocycles. The van der Waals surface area contributed by atoms with Crippen LogP contribution in [0.4, 0.5) is 15.2 Å². The predicted octanol–water partition coefficient (Wildman–Crippen LogP) is 2.24. The number of thiazole rings is 1. The van der Waals surface area contributed by atoms with E-state index >= 15 is 0 Å². The molecule has 22 heavy (non-hydrogen) atoms. The highest BCUT2D eigenvalue weighted by Crippen LogP contribution is 2.26. The Hall–Kier alpha value is -2.00. The molecule has 0 saturated carbocycles. The van der Waals surface area contributed by atoms with Gasteiger partial charge in [-0.05, 0) is 31.2 Å². The molecule has 0 bridgehead atoms. The van der Waals surface area contributed by atoms with Crippen molar-refractivity contribution in [3.05, 3.63) is 40.7 Å². The summed E-state index contributed by atoms with van der Waals surface area (Å²) < 4.78 is 37.6. The minimum absolute atomic E-state index is 0.135. The molecule has 9 heteroatoms. The summed E-state index contributed by atoms with van der Waals surface area (Å²) in [5.41, 5.74) is 0.951. The van der Waals surface area contributed by atoms with Crippen LogP contribution in [0.5, 0.6) is 0 Å². The van der Waals surface area contributed by atoms with E-state index in [1.165, 1.54) is 29.2 Å². The van der Waals surface area contributed by atoms with Crippen LogP contribution in [0.1, 0.15) is 15.4 Å². The Kier molecular flexibility index (Phi) is 4.47. The smallest absolute Gasteiger partial charge is 0.270 e. The van der Waals surface area contributed by atoms with Crippen molar-refractivity contribution < 1.29 is 17.6 Å². The second kappa shape index (κ2) is 6.01. The molecule has 1 aromatic heterocycles. The second-order valence-electron chi connectivity index (χ2n) is 4.65. The first kappa shape index (κ1) is 16.4. The van der Waals surface area contributed by atoms with E-state index < -0.39 is 15.8 Å². The molecule has 1 heterocycles. The van der Waals surface area contributed by atoms with Gasteiger partial charge in [-0.3, -0.25) is 9.52 Å². The number of rotatable bonds is 4. The number of aryl methyl sites for hydroxylation is 1. The summed E-state index contributed by atoms with van der Waals surface area (Å²) in [7, 11) is -1.90. The number of halogens is 1. The van der Waals surface area contributed by atoms with E-state index in [2.05, 4.69) is 9.71 Å². The number of anilines is 2. The monoisotopic (exact) mass is 343 g/mol. The number of aromatic nitrogens is 1. The lowest BCUT2D eigenvalue weighted by Crippen LogP contribution is -2.25. The molecule has 0 aliphatic rings. The van der Waals surface area contributed by atoms with Crippen LogP contribution in [-0.2, 0) is 10.0 Å². The third-order valence-corrected chi connectivity index (χ3v) is 4.54. The zero-order valence-corrected chi connectivity index (χ0v) is 13.8. The van der Waals surface area contributed by atoms with Crippen LogP contribution in [0.15, 0.2) is 24.3 Å². The van der Waals surface area contributed by atoms with Crippen molar-refractivity contribution >= 4 is 38.1 Å². The summed E-state index contributed by atoms with van der Waals surface area (Å²) in [6.45, 7) is 1.62. The molecule has 0 aliphatic carbocycles. The topological polar surface area (TPSA) is 79.4 Å². The van der Waals surface area contributed by atoms with Gasteiger partial charge in [-0.15, -0.1) is 0 Å². The average molecular weight is 343 g/mol. The normalized spacial score (nSPS) is 11.3. The Bertz CT molecular complexity index is 800. The van der Waals surface area contributed by atoms with Crippen LogP contribution in [0, 0.1) is 12.7 Å². The molecule has 0 spiro atoms. The van der Waals surface area contributed by atoms with E-state index in [1.54, 1.807) is 14.0 Å². The Balaban J connectivity index is 2.27. The Labute approximate surface area is 131 Å². The molecule has 0 radical (unpaired) electrons. The van der Waals surface area contributed by atoms with Crippen LogP contribution in [0.25, 0.3) is 0 Å². The molecule has 2 aromatic rings. The highest BCUT2D eigenvalue weighted by atomic mass is 32.2. The molecule has 6 nitrogen and oxygen atoms in total. The van der Waals surface area contributed by atoms with Gasteiger partial charge in [0.25, 0.3) is 5.91 Å². The fourth-order valence-corrected chi connectivity index (χ4v) is 3.51. The number of sulfonamides is 1. The van der Waals surface area contributed by atoms with Crippen molar-refractivity contribution in [2.45, 2.75) is 6.92 Å². The number of nitrogens with one attached hydrogen (secondary N) is 1. The van der Waals surface area contributed by atoms with Gasteiger partial charge in [-0.2, -0.15) is 0 Å². The lowest BCUT2D eigenvalue weighted by molar-refractivity contribution is 0.0996. The first-order valence-corrected chi connectivity index (χ1v) is 8.87. The van der Waals surface area contributed by atoms with E-state index in [4.69, 9.17) is 0 Å². The largest absolute Gasteiger partial charge is 0.311 e. The van der Waals surface area contributed by atoms with Crippen molar-refractivity contribution in [2.75, 3.05) is 22.9 Å². The standard InChI is InChI=1S/C13H14FN3O3S2/c1-8-11(21-13(15-8)16-22(3,19)20)12(18)17(2)10-6-4-9(14)5-7-10/h4-7H,1-3H3,(H,15,16). The van der Waals surface area contributed by atoms with Gasteiger partial charge in [0.2, 0.25) is 10.0 Å². The van der Waals surface area contributed by atoms with E-state index in [-0.39, 0.29) is 11.0 Å². The quantitative estimate of drug-likeness (QED) is 0.923. The number of carbonyl (C=O) groups excluding carboxylic acids is 1. The number of nitrogens with zero attached hydrogens (tertiary/aromatic N) is 2. The number of amides is 1. The molecule has 0 unspecified atom stereocenters.